The van der Waals surface area contributed by atoms with Crippen molar-refractivity contribution < 1.29 is 14.7 Å². The average molecular weight is 257 g/mol. The van der Waals surface area contributed by atoms with Gasteiger partial charge in [-0.1, -0.05) is 6.92 Å². The number of nitrogens with zero attached hydrogens (tertiary/aromatic N) is 1. The second kappa shape index (κ2) is 6.85. The first-order valence-electron chi connectivity index (χ1n) is 5.21. The minimum atomic E-state index is -0.850. The standard InChI is InChI=1S/C10H15N3O3S/c1-7(9(14)15)2-3-12-10(16)13-5-8-4-11-6-17-8/h4,6-7H,2-3,5H2,1H3,(H,14,15)(H2,12,13,16). The lowest BCUT2D eigenvalue weighted by Crippen LogP contribution is -2.36. The first kappa shape index (κ1) is 13.4. The molecule has 0 saturated carbocycles. The van der Waals surface area contributed by atoms with Crippen molar-refractivity contribution in [1.29, 1.82) is 0 Å². The van der Waals surface area contributed by atoms with E-state index in [0.29, 0.717) is 19.5 Å². The van der Waals surface area contributed by atoms with Crippen LogP contribution in [0.25, 0.3) is 0 Å². The second-order valence-electron chi connectivity index (χ2n) is 3.61. The Morgan fingerprint density at radius 1 is 1.53 bits per heavy atom. The summed E-state index contributed by atoms with van der Waals surface area (Å²) in [4.78, 5) is 26.7. The number of carbonyl (C=O) groups excluding carboxylic acids is 1. The van der Waals surface area contributed by atoms with E-state index in [1.165, 1.54) is 11.3 Å². The van der Waals surface area contributed by atoms with Crippen molar-refractivity contribution in [3.63, 3.8) is 0 Å². The van der Waals surface area contributed by atoms with Crippen LogP contribution in [0.15, 0.2) is 11.7 Å². The van der Waals surface area contributed by atoms with E-state index in [4.69, 9.17) is 5.11 Å². The fraction of sp³-hybridized carbons (Fsp3) is 0.500. The number of nitrogens with one attached hydrogen (secondary N) is 2. The van der Waals surface area contributed by atoms with Gasteiger partial charge >= 0.3 is 12.0 Å². The summed E-state index contributed by atoms with van der Waals surface area (Å²) in [5.41, 5.74) is 1.70. The zero-order chi connectivity index (χ0) is 12.7. The van der Waals surface area contributed by atoms with Crippen LogP contribution in [0, 0.1) is 5.92 Å². The molecule has 3 N–H and O–H groups in total. The van der Waals surface area contributed by atoms with Crippen molar-refractivity contribution in [1.82, 2.24) is 15.6 Å². The third kappa shape index (κ3) is 5.30. The van der Waals surface area contributed by atoms with E-state index < -0.39 is 11.9 Å². The van der Waals surface area contributed by atoms with Crippen molar-refractivity contribution in [2.75, 3.05) is 6.54 Å². The Hall–Kier alpha value is -1.63. The van der Waals surface area contributed by atoms with E-state index in [0.717, 1.165) is 4.88 Å². The number of carboxylic acids is 1. The third-order valence-corrected chi connectivity index (χ3v) is 2.97. The lowest BCUT2D eigenvalue weighted by atomic mass is 10.1. The van der Waals surface area contributed by atoms with Gasteiger partial charge in [0.15, 0.2) is 0 Å². The number of carboxylic acid groups (broad SMARTS) is 1. The normalized spacial score (nSPS) is 11.8. The molecule has 1 aromatic heterocycles. The van der Waals surface area contributed by atoms with E-state index >= 15 is 0 Å². The molecule has 1 heterocycles. The van der Waals surface area contributed by atoms with Gasteiger partial charge in [0.1, 0.15) is 0 Å². The number of thiazole rings is 1. The Morgan fingerprint density at radius 2 is 2.29 bits per heavy atom. The largest absolute Gasteiger partial charge is 0.481 e. The quantitative estimate of drug-likeness (QED) is 0.710. The number of aromatic nitrogens is 1. The zero-order valence-corrected chi connectivity index (χ0v) is 10.3. The molecule has 7 heteroatoms. The van der Waals surface area contributed by atoms with Crippen LogP contribution in [-0.4, -0.2) is 28.6 Å². The van der Waals surface area contributed by atoms with Gasteiger partial charge < -0.3 is 15.7 Å². The molecular formula is C10H15N3O3S. The van der Waals surface area contributed by atoms with Gasteiger partial charge in [-0.05, 0) is 6.42 Å². The van der Waals surface area contributed by atoms with Gasteiger partial charge in [0.05, 0.1) is 18.0 Å². The highest BCUT2D eigenvalue weighted by Crippen LogP contribution is 2.04. The molecule has 6 nitrogen and oxygen atoms in total. The number of hydrogen-bond donors (Lipinski definition) is 3. The van der Waals surface area contributed by atoms with E-state index in [1.807, 2.05) is 0 Å². The molecule has 0 aromatic carbocycles. The monoisotopic (exact) mass is 257 g/mol. The summed E-state index contributed by atoms with van der Waals surface area (Å²) in [5, 5.41) is 13.9. The predicted molar refractivity (Wildman–Crippen MR) is 63.8 cm³/mol. The van der Waals surface area contributed by atoms with Crippen LogP contribution in [0.1, 0.15) is 18.2 Å². The van der Waals surface area contributed by atoms with Crippen molar-refractivity contribution in [3.8, 4) is 0 Å². The molecule has 0 spiro atoms. The molecule has 1 rings (SSSR count). The van der Waals surface area contributed by atoms with Crippen molar-refractivity contribution in [2.45, 2.75) is 19.9 Å². The minimum Gasteiger partial charge on any atom is -0.481 e. The fourth-order valence-electron chi connectivity index (χ4n) is 1.09. The van der Waals surface area contributed by atoms with E-state index in [1.54, 1.807) is 18.6 Å². The van der Waals surface area contributed by atoms with Crippen LogP contribution in [0.2, 0.25) is 0 Å². The number of hydrogen-bond acceptors (Lipinski definition) is 4. The second-order valence-corrected chi connectivity index (χ2v) is 4.58. The molecule has 2 amide bonds. The van der Waals surface area contributed by atoms with E-state index in [2.05, 4.69) is 15.6 Å². The maximum Gasteiger partial charge on any atom is 0.315 e. The maximum absolute atomic E-state index is 11.3. The van der Waals surface area contributed by atoms with Gasteiger partial charge in [-0.2, -0.15) is 0 Å². The van der Waals surface area contributed by atoms with Gasteiger partial charge in [0.25, 0.3) is 0 Å². The summed E-state index contributed by atoms with van der Waals surface area (Å²) in [6, 6.07) is -0.295. The molecule has 1 atom stereocenters. The lowest BCUT2D eigenvalue weighted by molar-refractivity contribution is -0.141. The highest BCUT2D eigenvalue weighted by Gasteiger charge is 2.10. The lowest BCUT2D eigenvalue weighted by Gasteiger charge is -2.08. The van der Waals surface area contributed by atoms with Gasteiger partial charge in [0.2, 0.25) is 0 Å². The summed E-state index contributed by atoms with van der Waals surface area (Å²) >= 11 is 1.47. The summed E-state index contributed by atoms with van der Waals surface area (Å²) in [6.45, 7) is 2.40. The minimum absolute atomic E-state index is 0.295. The smallest absolute Gasteiger partial charge is 0.315 e. The molecule has 0 saturated heterocycles. The number of aliphatic carboxylic acids is 1. The summed E-state index contributed by atoms with van der Waals surface area (Å²) < 4.78 is 0. The molecule has 94 valence electrons. The summed E-state index contributed by atoms with van der Waals surface area (Å²) in [6.07, 6.45) is 2.11. The van der Waals surface area contributed by atoms with Crippen LogP contribution in [0.5, 0.6) is 0 Å². The van der Waals surface area contributed by atoms with Gasteiger partial charge in [-0.15, -0.1) is 11.3 Å². The summed E-state index contributed by atoms with van der Waals surface area (Å²) in [5.74, 6) is -1.30. The highest BCUT2D eigenvalue weighted by molar-refractivity contribution is 7.09. The Bertz CT molecular complexity index is 367. The van der Waals surface area contributed by atoms with Gasteiger partial charge in [0, 0.05) is 17.6 Å². The Balaban J connectivity index is 2.11. The SMILES string of the molecule is CC(CCNC(=O)NCc1cncs1)C(=O)O. The van der Waals surface area contributed by atoms with Crippen LogP contribution in [-0.2, 0) is 11.3 Å². The highest BCUT2D eigenvalue weighted by atomic mass is 32.1. The van der Waals surface area contributed by atoms with Crippen LogP contribution in [0.3, 0.4) is 0 Å². The topological polar surface area (TPSA) is 91.3 Å². The first-order valence-corrected chi connectivity index (χ1v) is 6.09. The summed E-state index contributed by atoms with van der Waals surface area (Å²) in [7, 11) is 0. The molecule has 17 heavy (non-hydrogen) atoms. The van der Waals surface area contributed by atoms with Crippen LogP contribution in [0.4, 0.5) is 4.79 Å². The molecule has 0 bridgehead atoms. The first-order chi connectivity index (χ1) is 8.09. The molecule has 1 unspecified atom stereocenters. The van der Waals surface area contributed by atoms with Crippen molar-refractivity contribution >= 4 is 23.3 Å². The predicted octanol–water partition coefficient (Wildman–Crippen LogP) is 1.05. The molecule has 1 aromatic rings. The van der Waals surface area contributed by atoms with Crippen LogP contribution >= 0.6 is 11.3 Å². The zero-order valence-electron chi connectivity index (χ0n) is 9.47. The van der Waals surface area contributed by atoms with Gasteiger partial charge in [-0.25, -0.2) is 4.79 Å². The van der Waals surface area contributed by atoms with E-state index in [9.17, 15) is 9.59 Å². The average Bonchev–Trinajstić information content (AvgIpc) is 2.78. The third-order valence-electron chi connectivity index (χ3n) is 2.19. The molecule has 0 aliphatic rings. The Kier molecular flexibility index (Phi) is 5.41. The van der Waals surface area contributed by atoms with Gasteiger partial charge in [-0.3, -0.25) is 9.78 Å². The molecule has 0 fully saturated rings. The maximum atomic E-state index is 11.3. The fourth-order valence-corrected chi connectivity index (χ4v) is 1.62. The number of carbonyl (C=O) groups is 2. The Labute approximate surface area is 103 Å². The number of urea groups is 1. The Morgan fingerprint density at radius 3 is 2.88 bits per heavy atom. The number of rotatable bonds is 6. The number of amides is 2. The van der Waals surface area contributed by atoms with Crippen molar-refractivity contribution in [2.24, 2.45) is 5.92 Å². The molecule has 0 radical (unpaired) electrons. The van der Waals surface area contributed by atoms with Crippen LogP contribution < -0.4 is 10.6 Å². The molecular weight excluding hydrogens is 242 g/mol. The van der Waals surface area contributed by atoms with E-state index in [-0.39, 0.29) is 6.03 Å². The molecule has 0 aliphatic carbocycles. The van der Waals surface area contributed by atoms with Crippen molar-refractivity contribution in [3.05, 3.63) is 16.6 Å². The molecule has 0 aliphatic heterocycles.